The fourth-order valence-electron chi connectivity index (χ4n) is 5.18. The number of hydrogen-bond acceptors (Lipinski definition) is 11. The van der Waals surface area contributed by atoms with Crippen LogP contribution >= 0.6 is 11.3 Å². The molecule has 0 radical (unpaired) electrons. The Hall–Kier alpha value is -4.84. The smallest absolute Gasteiger partial charge is 0.343 e. The number of esters is 2. The van der Waals surface area contributed by atoms with Crippen molar-refractivity contribution in [2.75, 3.05) is 40.1 Å². The summed E-state index contributed by atoms with van der Waals surface area (Å²) >= 11 is 1.21. The fourth-order valence-corrected chi connectivity index (χ4v) is 6.23. The molecule has 250 valence electrons. The molecule has 0 N–H and O–H groups in total. The number of methoxy groups -OCH3 is 1. The molecule has 11 nitrogen and oxygen atoms in total. The highest BCUT2D eigenvalue weighted by atomic mass is 32.1. The monoisotopic (exact) mass is 664 g/mol. The van der Waals surface area contributed by atoms with Crippen LogP contribution in [0.15, 0.2) is 64.0 Å². The Balaban J connectivity index is 1.92. The Morgan fingerprint density at radius 2 is 1.68 bits per heavy atom. The molecule has 0 saturated carbocycles. The molecule has 0 saturated heterocycles. The minimum atomic E-state index is -0.878. The zero-order valence-electron chi connectivity index (χ0n) is 27.5. The van der Waals surface area contributed by atoms with Gasteiger partial charge in [-0.25, -0.2) is 14.6 Å². The Morgan fingerprint density at radius 3 is 2.34 bits per heavy atom. The van der Waals surface area contributed by atoms with E-state index < -0.39 is 18.0 Å². The molecule has 1 aliphatic heterocycles. The minimum Gasteiger partial charge on any atom is -0.490 e. The third kappa shape index (κ3) is 7.76. The Labute approximate surface area is 277 Å². The van der Waals surface area contributed by atoms with Gasteiger partial charge in [-0.15, -0.1) is 6.58 Å². The molecule has 12 heteroatoms. The largest absolute Gasteiger partial charge is 0.490 e. The lowest BCUT2D eigenvalue weighted by Crippen LogP contribution is -2.40. The Kier molecular flexibility index (Phi) is 12.0. The quantitative estimate of drug-likeness (QED) is 0.173. The number of aromatic nitrogens is 1. The number of thiazole rings is 1. The molecule has 0 bridgehead atoms. The van der Waals surface area contributed by atoms with Crippen molar-refractivity contribution >= 4 is 29.4 Å². The molecule has 0 aliphatic carbocycles. The van der Waals surface area contributed by atoms with Crippen molar-refractivity contribution in [2.45, 2.75) is 47.1 Å². The topological polar surface area (TPSA) is 124 Å². The van der Waals surface area contributed by atoms with Crippen LogP contribution in [0.25, 0.3) is 6.08 Å². The van der Waals surface area contributed by atoms with Crippen LogP contribution in [-0.4, -0.2) is 56.6 Å². The fraction of sp³-hybridized carbons (Fsp3) is 0.371. The maximum atomic E-state index is 14.2. The molecular formula is C35H40N2O9S. The van der Waals surface area contributed by atoms with E-state index in [4.69, 9.17) is 23.7 Å². The molecule has 2 heterocycles. The van der Waals surface area contributed by atoms with Crippen molar-refractivity contribution in [1.29, 1.82) is 0 Å². The van der Waals surface area contributed by atoms with Gasteiger partial charge in [-0.1, -0.05) is 23.5 Å². The molecule has 1 atom stereocenters. The highest BCUT2D eigenvalue weighted by Gasteiger charge is 2.34. The number of fused-ring (bicyclic) bond motifs is 1. The summed E-state index contributed by atoms with van der Waals surface area (Å²) in [6, 6.07) is 7.95. The molecular weight excluding hydrogens is 624 g/mol. The van der Waals surface area contributed by atoms with Crippen LogP contribution in [0.1, 0.15) is 57.4 Å². The number of benzene rings is 2. The average Bonchev–Trinajstić information content (AvgIpc) is 3.35. The summed E-state index contributed by atoms with van der Waals surface area (Å²) in [6.45, 7) is 14.0. The number of hydrogen-bond donors (Lipinski definition) is 0. The molecule has 4 rings (SSSR count). The summed E-state index contributed by atoms with van der Waals surface area (Å²) in [5.74, 6) is 0.725. The van der Waals surface area contributed by atoms with Crippen LogP contribution in [0.2, 0.25) is 0 Å². The number of allylic oxidation sites excluding steroid dienone is 2. The van der Waals surface area contributed by atoms with Crippen LogP contribution in [0, 0.1) is 0 Å². The van der Waals surface area contributed by atoms with Crippen LogP contribution in [0.4, 0.5) is 0 Å². The summed E-state index contributed by atoms with van der Waals surface area (Å²) in [4.78, 5) is 44.4. The van der Waals surface area contributed by atoms with Gasteiger partial charge in [-0.2, -0.15) is 0 Å². The second-order valence-electron chi connectivity index (χ2n) is 10.2. The molecule has 3 aromatic rings. The van der Waals surface area contributed by atoms with E-state index in [2.05, 4.69) is 16.3 Å². The van der Waals surface area contributed by atoms with Crippen molar-refractivity contribution < 1.29 is 38.0 Å². The first-order chi connectivity index (χ1) is 22.7. The molecule has 0 fully saturated rings. The SMILES string of the molecule is C=CCc1cc(/C=c2\sc3n(c2=O)[C@H](c2ccc(OCC(=O)OC)c(OCC)c2)C(C(=O)OCC)=C(C)N=3)cc(OCC)c1OCC. The van der Waals surface area contributed by atoms with Crippen LogP contribution < -0.4 is 33.8 Å². The Bertz CT molecular complexity index is 1860. The second kappa shape index (κ2) is 16.1. The lowest BCUT2D eigenvalue weighted by Gasteiger charge is -2.25. The lowest BCUT2D eigenvalue weighted by atomic mass is 9.95. The van der Waals surface area contributed by atoms with E-state index in [1.54, 1.807) is 44.2 Å². The molecule has 1 aromatic heterocycles. The lowest BCUT2D eigenvalue weighted by molar-refractivity contribution is -0.143. The number of ether oxygens (including phenoxy) is 6. The molecule has 1 aliphatic rings. The van der Waals surface area contributed by atoms with Crippen molar-refractivity contribution in [1.82, 2.24) is 4.57 Å². The van der Waals surface area contributed by atoms with Crippen LogP contribution in [0.5, 0.6) is 23.0 Å². The first-order valence-electron chi connectivity index (χ1n) is 15.4. The highest BCUT2D eigenvalue weighted by molar-refractivity contribution is 7.07. The third-order valence-electron chi connectivity index (χ3n) is 7.08. The zero-order valence-corrected chi connectivity index (χ0v) is 28.4. The summed E-state index contributed by atoms with van der Waals surface area (Å²) < 4.78 is 35.3. The first kappa shape index (κ1) is 35.0. The molecule has 0 spiro atoms. The van der Waals surface area contributed by atoms with Gasteiger partial charge >= 0.3 is 11.9 Å². The summed E-state index contributed by atoms with van der Waals surface area (Å²) in [7, 11) is 1.27. The highest BCUT2D eigenvalue weighted by Crippen LogP contribution is 2.37. The predicted molar refractivity (Wildman–Crippen MR) is 178 cm³/mol. The van der Waals surface area contributed by atoms with Gasteiger partial charge in [0.1, 0.15) is 0 Å². The van der Waals surface area contributed by atoms with Gasteiger partial charge in [0.15, 0.2) is 34.4 Å². The van der Waals surface area contributed by atoms with Gasteiger partial charge < -0.3 is 28.4 Å². The molecule has 47 heavy (non-hydrogen) atoms. The van der Waals surface area contributed by atoms with E-state index in [1.165, 1.54) is 23.0 Å². The van der Waals surface area contributed by atoms with Crippen LogP contribution in [0.3, 0.4) is 0 Å². The van der Waals surface area contributed by atoms with E-state index in [0.717, 1.165) is 11.1 Å². The molecule has 0 amide bonds. The molecule has 2 aromatic carbocycles. The number of nitrogens with zero attached hydrogens (tertiary/aromatic N) is 2. The minimum absolute atomic E-state index is 0.143. The van der Waals surface area contributed by atoms with Crippen molar-refractivity contribution in [3.63, 3.8) is 0 Å². The normalized spacial score (nSPS) is 14.2. The van der Waals surface area contributed by atoms with E-state index in [1.807, 2.05) is 32.9 Å². The zero-order chi connectivity index (χ0) is 34.1. The van der Waals surface area contributed by atoms with E-state index in [-0.39, 0.29) is 24.3 Å². The van der Waals surface area contributed by atoms with Crippen molar-refractivity contribution in [3.8, 4) is 23.0 Å². The Morgan fingerprint density at radius 1 is 0.957 bits per heavy atom. The average molecular weight is 665 g/mol. The predicted octanol–water partition coefficient (Wildman–Crippen LogP) is 4.27. The number of carbonyl (C=O) groups excluding carboxylic acids is 2. The molecule has 0 unspecified atom stereocenters. The van der Waals surface area contributed by atoms with E-state index in [9.17, 15) is 14.4 Å². The first-order valence-corrected chi connectivity index (χ1v) is 16.2. The number of rotatable bonds is 15. The maximum absolute atomic E-state index is 14.2. The van der Waals surface area contributed by atoms with Gasteiger partial charge in [-0.3, -0.25) is 9.36 Å². The van der Waals surface area contributed by atoms with Crippen molar-refractivity contribution in [3.05, 3.63) is 90.6 Å². The van der Waals surface area contributed by atoms with Crippen molar-refractivity contribution in [2.24, 2.45) is 4.99 Å². The van der Waals surface area contributed by atoms with E-state index >= 15 is 0 Å². The van der Waals surface area contributed by atoms with Crippen LogP contribution in [-0.2, 0) is 25.5 Å². The third-order valence-corrected chi connectivity index (χ3v) is 8.06. The van der Waals surface area contributed by atoms with E-state index in [0.29, 0.717) is 69.8 Å². The van der Waals surface area contributed by atoms with Gasteiger partial charge in [-0.05, 0) is 82.5 Å². The van der Waals surface area contributed by atoms with Gasteiger partial charge in [0.05, 0.1) is 55.4 Å². The van der Waals surface area contributed by atoms with Gasteiger partial charge in [0.25, 0.3) is 5.56 Å². The van der Waals surface area contributed by atoms with Gasteiger partial charge in [0, 0.05) is 5.56 Å². The summed E-state index contributed by atoms with van der Waals surface area (Å²) in [5.41, 5.74) is 2.50. The summed E-state index contributed by atoms with van der Waals surface area (Å²) in [6.07, 6.45) is 4.11. The second-order valence-corrected chi connectivity index (χ2v) is 11.2. The summed E-state index contributed by atoms with van der Waals surface area (Å²) in [5, 5.41) is 0. The number of carbonyl (C=O) groups is 2. The maximum Gasteiger partial charge on any atom is 0.343 e. The van der Waals surface area contributed by atoms with Gasteiger partial charge in [0.2, 0.25) is 0 Å². The standard InChI is InChI=1S/C35H40N2O9S/c1-8-13-24-16-22(17-27(43-10-3)32(24)44-11-4)18-28-33(39)37-31(30(34(40)45-12-5)21(6)36-35(37)47-28)23-14-15-25(26(19-23)42-9-2)46-20-29(38)41-7/h8,14-19,31H,1,9-13,20H2,2-7H3/b28-18-/t31-/m1/s1.